The fourth-order valence-corrected chi connectivity index (χ4v) is 9.44. The van der Waals surface area contributed by atoms with Gasteiger partial charge in [0.05, 0.1) is 11.7 Å². The van der Waals surface area contributed by atoms with Gasteiger partial charge in [0.2, 0.25) is 0 Å². The molecule has 1 saturated heterocycles. The molecule has 4 unspecified atom stereocenters. The molecule has 2 N–H and O–H groups in total. The molecule has 1 heterocycles. The van der Waals surface area contributed by atoms with Gasteiger partial charge in [-0.3, -0.25) is 4.90 Å². The van der Waals surface area contributed by atoms with Crippen LogP contribution in [0.1, 0.15) is 78.1 Å². The summed E-state index contributed by atoms with van der Waals surface area (Å²) < 4.78 is 0. The highest BCUT2D eigenvalue weighted by atomic mass is 16.3. The average molecular weight is 374 g/mol. The number of aliphatic hydroxyl groups is 2. The molecule has 0 amide bonds. The number of fused-ring (bicyclic) bond motifs is 6. The highest BCUT2D eigenvalue weighted by Gasteiger charge is 2.68. The summed E-state index contributed by atoms with van der Waals surface area (Å²) in [6, 6.07) is 0.423. The summed E-state index contributed by atoms with van der Waals surface area (Å²) in [7, 11) is 0. The fraction of sp³-hybridized carbons (Fsp3) is 1.00. The summed E-state index contributed by atoms with van der Waals surface area (Å²) in [6.07, 6.45) is 12.4. The first kappa shape index (κ1) is 17.7. The quantitative estimate of drug-likeness (QED) is 0.734. The van der Waals surface area contributed by atoms with Crippen molar-refractivity contribution in [3.63, 3.8) is 0 Å². The second kappa shape index (κ2) is 5.52. The van der Waals surface area contributed by atoms with Gasteiger partial charge in [0.25, 0.3) is 0 Å². The second-order valence-corrected chi connectivity index (χ2v) is 12.1. The number of aliphatic hydroxyl groups excluding tert-OH is 1. The van der Waals surface area contributed by atoms with Crippen molar-refractivity contribution < 1.29 is 10.2 Å². The lowest BCUT2D eigenvalue weighted by Gasteiger charge is -2.60. The van der Waals surface area contributed by atoms with Crippen molar-refractivity contribution in [1.29, 1.82) is 0 Å². The first-order valence-corrected chi connectivity index (χ1v) is 12.0. The minimum absolute atomic E-state index is 0.119. The highest BCUT2D eigenvalue weighted by Crippen LogP contribution is 2.71. The number of rotatable bonds is 1. The molecule has 0 aromatic carbocycles. The minimum atomic E-state index is -0.273. The van der Waals surface area contributed by atoms with Crippen LogP contribution in [0.4, 0.5) is 0 Å². The number of hydrogen-bond acceptors (Lipinski definition) is 3. The molecule has 0 aromatic heterocycles. The Morgan fingerprint density at radius 2 is 1.59 bits per heavy atom. The molecule has 0 aromatic rings. The Hall–Kier alpha value is -0.120. The smallest absolute Gasteiger partial charge is 0.0751 e. The van der Waals surface area contributed by atoms with E-state index in [1.807, 2.05) is 0 Å². The zero-order valence-corrected chi connectivity index (χ0v) is 17.4. The summed E-state index contributed by atoms with van der Waals surface area (Å²) in [4.78, 5) is 2.63. The second-order valence-electron chi connectivity index (χ2n) is 12.1. The van der Waals surface area contributed by atoms with E-state index < -0.39 is 0 Å². The van der Waals surface area contributed by atoms with Crippen LogP contribution in [-0.4, -0.2) is 45.9 Å². The maximum atomic E-state index is 11.4. The third kappa shape index (κ3) is 2.26. The van der Waals surface area contributed by atoms with E-state index in [0.717, 1.165) is 36.5 Å². The summed E-state index contributed by atoms with van der Waals surface area (Å²) in [5.74, 6) is 3.71. The predicted octanol–water partition coefficient (Wildman–Crippen LogP) is 3.83. The molecule has 152 valence electrons. The Morgan fingerprint density at radius 3 is 2.37 bits per heavy atom. The Kier molecular flexibility index (Phi) is 3.62. The zero-order valence-electron chi connectivity index (χ0n) is 17.4. The molecule has 6 fully saturated rings. The van der Waals surface area contributed by atoms with Gasteiger partial charge in [-0.15, -0.1) is 0 Å². The lowest BCUT2D eigenvalue weighted by Crippen LogP contribution is -2.55. The van der Waals surface area contributed by atoms with Gasteiger partial charge in [-0.05, 0) is 118 Å². The molecule has 27 heavy (non-hydrogen) atoms. The summed E-state index contributed by atoms with van der Waals surface area (Å²) in [6.45, 7) is 7.44. The van der Waals surface area contributed by atoms with Crippen molar-refractivity contribution in [2.45, 2.75) is 95.8 Å². The van der Waals surface area contributed by atoms with Crippen molar-refractivity contribution in [1.82, 2.24) is 4.90 Å². The third-order valence-electron chi connectivity index (χ3n) is 11.1. The molecule has 3 heteroatoms. The lowest BCUT2D eigenvalue weighted by atomic mass is 9.45. The maximum Gasteiger partial charge on any atom is 0.0751 e. The SMILES string of the molecule is C[C@]12C[C@H]3C[C@]3(O)CC1CCC1C2CC[C@@]2(C)C1C[C@@H](N1CCCC1)[C@@H]2O. The summed E-state index contributed by atoms with van der Waals surface area (Å²) in [5, 5.41) is 22.1. The topological polar surface area (TPSA) is 43.7 Å². The molecule has 10 atom stereocenters. The van der Waals surface area contributed by atoms with Crippen LogP contribution in [0.15, 0.2) is 0 Å². The van der Waals surface area contributed by atoms with E-state index in [2.05, 4.69) is 18.7 Å². The van der Waals surface area contributed by atoms with Gasteiger partial charge in [-0.25, -0.2) is 0 Å². The van der Waals surface area contributed by atoms with Gasteiger partial charge < -0.3 is 10.2 Å². The molecule has 0 bridgehead atoms. The number of nitrogens with zero attached hydrogens (tertiary/aromatic N) is 1. The van der Waals surface area contributed by atoms with Crippen molar-refractivity contribution in [3.05, 3.63) is 0 Å². The van der Waals surface area contributed by atoms with Gasteiger partial charge in [-0.1, -0.05) is 13.8 Å². The Balaban J connectivity index is 1.29. The molecule has 6 rings (SSSR count). The van der Waals surface area contributed by atoms with E-state index in [-0.39, 0.29) is 17.1 Å². The molecule has 0 radical (unpaired) electrons. The summed E-state index contributed by atoms with van der Waals surface area (Å²) in [5.41, 5.74) is 0.325. The van der Waals surface area contributed by atoms with Gasteiger partial charge in [-0.2, -0.15) is 0 Å². The maximum absolute atomic E-state index is 11.4. The molecule has 6 aliphatic rings. The van der Waals surface area contributed by atoms with Crippen molar-refractivity contribution in [2.24, 2.45) is 40.4 Å². The molecule has 3 nitrogen and oxygen atoms in total. The molecule has 1 aliphatic heterocycles. The Morgan fingerprint density at radius 1 is 0.852 bits per heavy atom. The molecule has 5 saturated carbocycles. The van der Waals surface area contributed by atoms with Crippen LogP contribution >= 0.6 is 0 Å². The van der Waals surface area contributed by atoms with Crippen LogP contribution in [0, 0.1) is 40.4 Å². The normalized spacial score (nSPS) is 62.4. The minimum Gasteiger partial charge on any atom is -0.391 e. The van der Waals surface area contributed by atoms with Crippen LogP contribution in [-0.2, 0) is 0 Å². The van der Waals surface area contributed by atoms with Gasteiger partial charge in [0.1, 0.15) is 0 Å². The van der Waals surface area contributed by atoms with Crippen LogP contribution in [0.25, 0.3) is 0 Å². The number of hydrogen-bond donors (Lipinski definition) is 2. The van der Waals surface area contributed by atoms with Gasteiger partial charge in [0.15, 0.2) is 0 Å². The highest BCUT2D eigenvalue weighted by molar-refractivity contribution is 5.18. The first-order valence-electron chi connectivity index (χ1n) is 12.0. The van der Waals surface area contributed by atoms with Crippen molar-refractivity contribution in [3.8, 4) is 0 Å². The molecule has 5 aliphatic carbocycles. The van der Waals surface area contributed by atoms with Crippen LogP contribution in [0.5, 0.6) is 0 Å². The van der Waals surface area contributed by atoms with E-state index in [0.29, 0.717) is 17.4 Å². The van der Waals surface area contributed by atoms with Gasteiger partial charge >= 0.3 is 0 Å². The Labute approximate surface area is 164 Å². The van der Waals surface area contributed by atoms with Crippen LogP contribution < -0.4 is 0 Å². The number of likely N-dealkylation sites (tertiary alicyclic amines) is 1. The molecular weight excluding hydrogens is 334 g/mol. The zero-order chi connectivity index (χ0) is 18.6. The standard InChI is InChI=1S/C24H39NO2/c1-22-8-7-18-17(19(22)11-20(21(22)26)25-9-3-4-10-25)6-5-15-13-24(27)14-16(24)12-23(15,18)2/h15-21,26-27H,3-14H2,1-2H3/t15?,16-,17?,18?,19?,20+,21-,22-,23-,24+/m0/s1. The largest absolute Gasteiger partial charge is 0.391 e. The van der Waals surface area contributed by atoms with E-state index in [4.69, 9.17) is 0 Å². The fourth-order valence-electron chi connectivity index (χ4n) is 9.44. The Bertz CT molecular complexity index is 632. The van der Waals surface area contributed by atoms with E-state index in [1.165, 1.54) is 64.5 Å². The van der Waals surface area contributed by atoms with Crippen molar-refractivity contribution >= 4 is 0 Å². The molecular formula is C24H39NO2. The van der Waals surface area contributed by atoms with Crippen LogP contribution in [0.3, 0.4) is 0 Å². The third-order valence-corrected chi connectivity index (χ3v) is 11.1. The molecule has 0 spiro atoms. The average Bonchev–Trinajstić information content (AvgIpc) is 2.98. The van der Waals surface area contributed by atoms with E-state index in [1.54, 1.807) is 0 Å². The first-order chi connectivity index (χ1) is 12.9. The lowest BCUT2D eigenvalue weighted by molar-refractivity contribution is -0.136. The van der Waals surface area contributed by atoms with Crippen molar-refractivity contribution in [2.75, 3.05) is 13.1 Å². The van der Waals surface area contributed by atoms with Crippen LogP contribution in [0.2, 0.25) is 0 Å². The van der Waals surface area contributed by atoms with E-state index >= 15 is 0 Å². The van der Waals surface area contributed by atoms with E-state index in [9.17, 15) is 10.2 Å². The summed E-state index contributed by atoms with van der Waals surface area (Å²) >= 11 is 0. The monoisotopic (exact) mass is 373 g/mol. The van der Waals surface area contributed by atoms with Gasteiger partial charge in [0, 0.05) is 6.04 Å². The predicted molar refractivity (Wildman–Crippen MR) is 106 cm³/mol.